The van der Waals surface area contributed by atoms with E-state index < -0.39 is 17.9 Å². The van der Waals surface area contributed by atoms with Crippen LogP contribution in [-0.4, -0.2) is 29.0 Å². The molecule has 134 valence electrons. The van der Waals surface area contributed by atoms with Crippen LogP contribution in [0.25, 0.3) is 16.5 Å². The molecular weight excluding hydrogens is 346 g/mol. The second-order valence-corrected chi connectivity index (χ2v) is 6.51. The van der Waals surface area contributed by atoms with Crippen LogP contribution in [0.2, 0.25) is 0 Å². The number of methoxy groups -OCH3 is 1. The van der Waals surface area contributed by atoms with Gasteiger partial charge in [0.05, 0.1) is 18.7 Å². The van der Waals surface area contributed by atoms with Gasteiger partial charge >= 0.3 is 0 Å². The molecule has 27 heavy (non-hydrogen) atoms. The Morgan fingerprint density at radius 3 is 2.74 bits per heavy atom. The Labute approximate surface area is 153 Å². The number of ether oxygens (including phenoxy) is 1. The molecule has 0 radical (unpaired) electrons. The number of fused-ring (bicyclic) bond motifs is 1. The molecule has 7 nitrogen and oxygen atoms in total. The van der Waals surface area contributed by atoms with E-state index in [-0.39, 0.29) is 11.4 Å². The van der Waals surface area contributed by atoms with Gasteiger partial charge in [0.25, 0.3) is 11.8 Å². The number of hydrogen-bond acceptors (Lipinski definition) is 5. The normalized spacial score (nSPS) is 18.2. The van der Waals surface area contributed by atoms with Crippen molar-refractivity contribution in [2.75, 3.05) is 7.11 Å². The summed E-state index contributed by atoms with van der Waals surface area (Å²) in [6, 6.07) is 10.4. The fourth-order valence-electron chi connectivity index (χ4n) is 3.87. The fraction of sp³-hybridized carbons (Fsp3) is 0.100. The predicted octanol–water partition coefficient (Wildman–Crippen LogP) is 1.94. The third kappa shape index (κ3) is 2.08. The van der Waals surface area contributed by atoms with E-state index in [0.717, 1.165) is 22.0 Å². The van der Waals surface area contributed by atoms with Crippen LogP contribution in [0, 0.1) is 0 Å². The first-order valence-electron chi connectivity index (χ1n) is 8.42. The summed E-state index contributed by atoms with van der Waals surface area (Å²) in [4.78, 5) is 28.0. The zero-order chi connectivity index (χ0) is 18.7. The minimum Gasteiger partial charge on any atom is -0.504 e. The number of carbonyl (C=O) groups excluding carboxylic acids is 2. The summed E-state index contributed by atoms with van der Waals surface area (Å²) < 4.78 is 5.12. The molecule has 1 unspecified atom stereocenters. The summed E-state index contributed by atoms with van der Waals surface area (Å²) in [5.74, 6) is -0.512. The van der Waals surface area contributed by atoms with Gasteiger partial charge in [-0.2, -0.15) is 0 Å². The first-order chi connectivity index (χ1) is 13.1. The average Bonchev–Trinajstić information content (AvgIpc) is 3.14. The summed E-state index contributed by atoms with van der Waals surface area (Å²) in [6.07, 6.45) is 1.75. The summed E-state index contributed by atoms with van der Waals surface area (Å²) in [5.41, 5.74) is 3.77. The average molecular weight is 361 g/mol. The van der Waals surface area contributed by atoms with E-state index in [2.05, 4.69) is 15.6 Å². The maximum atomic E-state index is 12.4. The Balaban J connectivity index is 1.79. The van der Waals surface area contributed by atoms with E-state index in [1.807, 2.05) is 24.3 Å². The van der Waals surface area contributed by atoms with Gasteiger partial charge in [-0.1, -0.05) is 18.2 Å². The maximum absolute atomic E-state index is 12.4. The smallest absolute Gasteiger partial charge is 0.275 e. The van der Waals surface area contributed by atoms with Crippen LogP contribution in [-0.2, 0) is 9.59 Å². The van der Waals surface area contributed by atoms with Crippen molar-refractivity contribution < 1.29 is 19.4 Å². The zero-order valence-electron chi connectivity index (χ0n) is 14.3. The third-order valence-corrected chi connectivity index (χ3v) is 5.07. The van der Waals surface area contributed by atoms with E-state index in [4.69, 9.17) is 4.74 Å². The lowest BCUT2D eigenvalue weighted by Gasteiger charge is -2.21. The standard InChI is InChI=1S/C20H15N3O4/c1-27-14-6-5-9(7-13(14)24)17-10-3-2-4-12-15(10)11(8-21-12)16-18(22-17)20(26)23-19(16)25/h2-8,17,21-22,24H,1H3,(H,23,25,26). The molecule has 0 saturated carbocycles. The third-order valence-electron chi connectivity index (χ3n) is 5.07. The lowest BCUT2D eigenvalue weighted by molar-refractivity contribution is -0.123. The van der Waals surface area contributed by atoms with Crippen molar-refractivity contribution in [3.8, 4) is 11.5 Å². The van der Waals surface area contributed by atoms with E-state index >= 15 is 0 Å². The molecule has 7 heteroatoms. The van der Waals surface area contributed by atoms with Crippen LogP contribution in [0.4, 0.5) is 0 Å². The maximum Gasteiger partial charge on any atom is 0.275 e. The lowest BCUT2D eigenvalue weighted by atomic mass is 9.94. The first kappa shape index (κ1) is 15.5. The van der Waals surface area contributed by atoms with Gasteiger partial charge in [0.15, 0.2) is 11.5 Å². The van der Waals surface area contributed by atoms with Crippen molar-refractivity contribution in [3.63, 3.8) is 0 Å². The Bertz CT molecular complexity index is 1180. The Hall–Kier alpha value is -3.74. The van der Waals surface area contributed by atoms with Gasteiger partial charge in [-0.05, 0) is 29.3 Å². The van der Waals surface area contributed by atoms with Crippen molar-refractivity contribution >= 4 is 28.3 Å². The van der Waals surface area contributed by atoms with Crippen molar-refractivity contribution in [2.45, 2.75) is 6.04 Å². The number of aromatic nitrogens is 1. The number of benzene rings is 2. The molecule has 0 bridgehead atoms. The Kier molecular flexibility index (Phi) is 3.09. The number of aromatic hydroxyl groups is 1. The van der Waals surface area contributed by atoms with Crippen LogP contribution in [0.15, 0.2) is 48.3 Å². The number of phenolic OH excluding ortho intramolecular Hbond substituents is 1. The van der Waals surface area contributed by atoms with E-state index in [0.29, 0.717) is 16.9 Å². The van der Waals surface area contributed by atoms with Gasteiger partial charge in [0.1, 0.15) is 5.70 Å². The van der Waals surface area contributed by atoms with E-state index in [1.165, 1.54) is 7.11 Å². The number of hydrogen-bond donors (Lipinski definition) is 4. The molecule has 2 aromatic carbocycles. The topological polar surface area (TPSA) is 103 Å². The molecule has 1 aromatic heterocycles. The summed E-state index contributed by atoms with van der Waals surface area (Å²) in [7, 11) is 1.48. The number of amides is 2. The highest BCUT2D eigenvalue weighted by molar-refractivity contribution is 6.37. The molecule has 0 saturated heterocycles. The van der Waals surface area contributed by atoms with Crippen molar-refractivity contribution in [1.82, 2.24) is 15.6 Å². The monoisotopic (exact) mass is 361 g/mol. The van der Waals surface area contributed by atoms with Gasteiger partial charge in [0, 0.05) is 22.7 Å². The van der Waals surface area contributed by atoms with Crippen molar-refractivity contribution in [1.29, 1.82) is 0 Å². The second-order valence-electron chi connectivity index (χ2n) is 6.51. The lowest BCUT2D eigenvalue weighted by Crippen LogP contribution is -2.30. The molecule has 0 spiro atoms. The van der Waals surface area contributed by atoms with Crippen LogP contribution in [0.1, 0.15) is 22.7 Å². The van der Waals surface area contributed by atoms with Gasteiger partial charge in [-0.3, -0.25) is 14.9 Å². The highest BCUT2D eigenvalue weighted by atomic mass is 16.5. The van der Waals surface area contributed by atoms with Gasteiger partial charge < -0.3 is 20.1 Å². The molecule has 2 aliphatic rings. The van der Waals surface area contributed by atoms with Gasteiger partial charge in [-0.15, -0.1) is 0 Å². The number of aromatic amines is 1. The number of rotatable bonds is 2. The van der Waals surface area contributed by atoms with E-state index in [9.17, 15) is 14.7 Å². The van der Waals surface area contributed by atoms with Gasteiger partial charge in [-0.25, -0.2) is 0 Å². The molecule has 5 rings (SSSR count). The molecule has 3 heterocycles. The largest absolute Gasteiger partial charge is 0.504 e. The molecule has 0 fully saturated rings. The minimum atomic E-state index is -0.458. The molecule has 2 amide bonds. The molecule has 1 atom stereocenters. The minimum absolute atomic E-state index is 0.00340. The molecule has 3 aromatic rings. The van der Waals surface area contributed by atoms with Crippen molar-refractivity contribution in [3.05, 3.63) is 65.0 Å². The number of nitrogens with one attached hydrogen (secondary N) is 3. The predicted molar refractivity (Wildman–Crippen MR) is 98.0 cm³/mol. The summed E-state index contributed by atoms with van der Waals surface area (Å²) in [5, 5.41) is 16.7. The highest BCUT2D eigenvalue weighted by Crippen LogP contribution is 2.41. The summed E-state index contributed by atoms with van der Waals surface area (Å²) in [6.45, 7) is 0. The van der Waals surface area contributed by atoms with E-state index in [1.54, 1.807) is 18.3 Å². The van der Waals surface area contributed by atoms with Gasteiger partial charge in [0.2, 0.25) is 0 Å². The quantitative estimate of drug-likeness (QED) is 0.523. The van der Waals surface area contributed by atoms with Crippen LogP contribution in [0.3, 0.4) is 0 Å². The number of imide groups is 1. The summed E-state index contributed by atoms with van der Waals surface area (Å²) >= 11 is 0. The van der Waals surface area contributed by atoms with Crippen LogP contribution >= 0.6 is 0 Å². The Morgan fingerprint density at radius 2 is 1.96 bits per heavy atom. The number of phenols is 1. The van der Waals surface area contributed by atoms with Crippen LogP contribution < -0.4 is 15.4 Å². The first-order valence-corrected chi connectivity index (χ1v) is 8.42. The Morgan fingerprint density at radius 1 is 1.11 bits per heavy atom. The second kappa shape index (κ2) is 5.38. The molecule has 2 aliphatic heterocycles. The van der Waals surface area contributed by atoms with Crippen LogP contribution in [0.5, 0.6) is 11.5 Å². The zero-order valence-corrected chi connectivity index (χ0v) is 14.3. The highest BCUT2D eigenvalue weighted by Gasteiger charge is 2.37. The molecular formula is C20H15N3O4. The van der Waals surface area contributed by atoms with Crippen molar-refractivity contribution in [2.24, 2.45) is 0 Å². The number of H-pyrrole nitrogens is 1. The fourth-order valence-corrected chi connectivity index (χ4v) is 3.87. The number of carbonyl (C=O) groups is 2. The molecule has 4 N–H and O–H groups in total. The molecule has 0 aliphatic carbocycles. The SMILES string of the molecule is COc1ccc(C2NC3=C(C(=O)NC3=O)c3c[nH]c4cccc2c34)cc1O.